The van der Waals surface area contributed by atoms with Gasteiger partial charge in [-0.2, -0.15) is 0 Å². The Bertz CT molecular complexity index is 600. The van der Waals surface area contributed by atoms with E-state index in [2.05, 4.69) is 0 Å². The molecule has 0 amide bonds. The van der Waals surface area contributed by atoms with E-state index in [1.165, 1.54) is 5.56 Å². The first-order valence-corrected chi connectivity index (χ1v) is 6.54. The Hall–Kier alpha value is -2.13. The topological polar surface area (TPSA) is 46.5 Å². The van der Waals surface area contributed by atoms with Crippen LogP contribution >= 0.6 is 0 Å². The summed E-state index contributed by atoms with van der Waals surface area (Å²) in [6.45, 7) is 2.65. The summed E-state index contributed by atoms with van der Waals surface area (Å²) in [7, 11) is 1.68. The van der Waals surface area contributed by atoms with Crippen molar-refractivity contribution in [2.75, 3.05) is 13.7 Å². The molecule has 0 aliphatic heterocycles. The Balaban J connectivity index is 2.36. The average Bonchev–Trinajstić information content (AvgIpc) is 2.45. The van der Waals surface area contributed by atoms with Crippen molar-refractivity contribution in [3.05, 3.63) is 59.2 Å². The summed E-state index contributed by atoms with van der Waals surface area (Å²) in [5, 5.41) is 9.27. The number of carbonyl (C=O) groups is 1. The quantitative estimate of drug-likeness (QED) is 0.903. The van der Waals surface area contributed by atoms with Gasteiger partial charge in [-0.3, -0.25) is 0 Å². The third-order valence-corrected chi connectivity index (χ3v) is 3.27. The molecule has 0 fully saturated rings. The third kappa shape index (κ3) is 3.25. The molecular formula is C17H18O3. The Morgan fingerprint density at radius 1 is 1.15 bits per heavy atom. The molecule has 2 rings (SSSR count). The summed E-state index contributed by atoms with van der Waals surface area (Å²) < 4.78 is 5.05. The molecular weight excluding hydrogens is 252 g/mol. The van der Waals surface area contributed by atoms with Crippen LogP contribution in [-0.2, 0) is 11.2 Å². The van der Waals surface area contributed by atoms with Crippen LogP contribution in [0.2, 0.25) is 0 Å². The molecule has 20 heavy (non-hydrogen) atoms. The van der Waals surface area contributed by atoms with Gasteiger partial charge in [-0.15, -0.1) is 0 Å². The van der Waals surface area contributed by atoms with Gasteiger partial charge in [-0.25, -0.2) is 4.79 Å². The molecule has 0 heterocycles. The van der Waals surface area contributed by atoms with Crippen LogP contribution in [0.3, 0.4) is 0 Å². The van der Waals surface area contributed by atoms with Crippen molar-refractivity contribution in [2.45, 2.75) is 13.3 Å². The maximum Gasteiger partial charge on any atom is 0.336 e. The number of rotatable bonds is 5. The van der Waals surface area contributed by atoms with E-state index < -0.39 is 5.97 Å². The van der Waals surface area contributed by atoms with Crippen molar-refractivity contribution in [2.24, 2.45) is 0 Å². The van der Waals surface area contributed by atoms with Gasteiger partial charge in [0.15, 0.2) is 0 Å². The van der Waals surface area contributed by atoms with Crippen LogP contribution in [0.15, 0.2) is 42.5 Å². The number of hydrogen-bond acceptors (Lipinski definition) is 2. The molecule has 2 aromatic carbocycles. The maximum absolute atomic E-state index is 11.3. The SMILES string of the molecule is COCCc1ccc(-c2cc(C)ccc2C(=O)O)cc1. The first-order chi connectivity index (χ1) is 9.61. The standard InChI is InChI=1S/C17H18O3/c1-12-3-8-15(17(18)19)16(11-12)14-6-4-13(5-7-14)9-10-20-2/h3-8,11H,9-10H2,1-2H3,(H,18,19). The molecule has 0 atom stereocenters. The van der Waals surface area contributed by atoms with Gasteiger partial charge in [0.1, 0.15) is 0 Å². The molecule has 0 aliphatic carbocycles. The van der Waals surface area contributed by atoms with Gasteiger partial charge >= 0.3 is 5.97 Å². The number of aromatic carboxylic acids is 1. The number of ether oxygens (including phenoxy) is 1. The zero-order chi connectivity index (χ0) is 14.5. The lowest BCUT2D eigenvalue weighted by Crippen LogP contribution is -2.00. The zero-order valence-electron chi connectivity index (χ0n) is 11.7. The second-order valence-corrected chi connectivity index (χ2v) is 4.79. The summed E-state index contributed by atoms with van der Waals surface area (Å²) in [6.07, 6.45) is 0.858. The highest BCUT2D eigenvalue weighted by atomic mass is 16.5. The van der Waals surface area contributed by atoms with Gasteiger partial charge < -0.3 is 9.84 Å². The smallest absolute Gasteiger partial charge is 0.336 e. The lowest BCUT2D eigenvalue weighted by atomic mass is 9.96. The predicted molar refractivity (Wildman–Crippen MR) is 79.2 cm³/mol. The third-order valence-electron chi connectivity index (χ3n) is 3.27. The van der Waals surface area contributed by atoms with E-state index in [0.717, 1.165) is 23.1 Å². The van der Waals surface area contributed by atoms with Crippen molar-refractivity contribution in [3.8, 4) is 11.1 Å². The first kappa shape index (κ1) is 14.3. The average molecular weight is 270 g/mol. The Morgan fingerprint density at radius 3 is 2.45 bits per heavy atom. The van der Waals surface area contributed by atoms with Gasteiger partial charge in [-0.1, -0.05) is 42.0 Å². The molecule has 2 aromatic rings. The summed E-state index contributed by atoms with van der Waals surface area (Å²) in [5.41, 5.74) is 4.25. The molecule has 0 aromatic heterocycles. The van der Waals surface area contributed by atoms with Crippen molar-refractivity contribution in [1.29, 1.82) is 0 Å². The van der Waals surface area contributed by atoms with Crippen molar-refractivity contribution >= 4 is 5.97 Å². The number of hydrogen-bond donors (Lipinski definition) is 1. The highest BCUT2D eigenvalue weighted by Gasteiger charge is 2.11. The van der Waals surface area contributed by atoms with E-state index in [4.69, 9.17) is 4.74 Å². The normalized spacial score (nSPS) is 10.5. The first-order valence-electron chi connectivity index (χ1n) is 6.54. The fourth-order valence-electron chi connectivity index (χ4n) is 2.15. The summed E-state index contributed by atoms with van der Waals surface area (Å²) in [5.74, 6) is -0.900. The van der Waals surface area contributed by atoms with Crippen molar-refractivity contribution in [1.82, 2.24) is 0 Å². The molecule has 3 nitrogen and oxygen atoms in total. The molecule has 0 bridgehead atoms. The van der Waals surface area contributed by atoms with Gasteiger partial charge in [0.05, 0.1) is 12.2 Å². The minimum atomic E-state index is -0.900. The Kier molecular flexibility index (Phi) is 4.53. The van der Waals surface area contributed by atoms with Crippen LogP contribution in [0.4, 0.5) is 0 Å². The van der Waals surface area contributed by atoms with Crippen LogP contribution in [0.25, 0.3) is 11.1 Å². The highest BCUT2D eigenvalue weighted by molar-refractivity contribution is 5.96. The van der Waals surface area contributed by atoms with Gasteiger partial charge in [0.2, 0.25) is 0 Å². The van der Waals surface area contributed by atoms with Crippen LogP contribution in [0, 0.1) is 6.92 Å². The second kappa shape index (κ2) is 6.35. The van der Waals surface area contributed by atoms with Crippen LogP contribution in [-0.4, -0.2) is 24.8 Å². The number of benzene rings is 2. The Morgan fingerprint density at radius 2 is 1.85 bits per heavy atom. The van der Waals surface area contributed by atoms with Crippen LogP contribution < -0.4 is 0 Å². The zero-order valence-corrected chi connectivity index (χ0v) is 11.7. The second-order valence-electron chi connectivity index (χ2n) is 4.79. The minimum Gasteiger partial charge on any atom is -0.478 e. The molecule has 0 unspecified atom stereocenters. The number of aryl methyl sites for hydroxylation is 1. The minimum absolute atomic E-state index is 0.334. The summed E-state index contributed by atoms with van der Waals surface area (Å²) in [6, 6.07) is 13.3. The van der Waals surface area contributed by atoms with Gasteiger partial charge in [0, 0.05) is 7.11 Å². The van der Waals surface area contributed by atoms with Crippen molar-refractivity contribution in [3.63, 3.8) is 0 Å². The predicted octanol–water partition coefficient (Wildman–Crippen LogP) is 3.55. The summed E-state index contributed by atoms with van der Waals surface area (Å²) >= 11 is 0. The fraction of sp³-hybridized carbons (Fsp3) is 0.235. The molecule has 1 N–H and O–H groups in total. The number of carboxylic acid groups (broad SMARTS) is 1. The lowest BCUT2D eigenvalue weighted by Gasteiger charge is -2.09. The number of methoxy groups -OCH3 is 1. The molecule has 0 aliphatic rings. The van der Waals surface area contributed by atoms with Crippen LogP contribution in [0.1, 0.15) is 21.5 Å². The van der Waals surface area contributed by atoms with E-state index in [1.807, 2.05) is 43.3 Å². The lowest BCUT2D eigenvalue weighted by molar-refractivity contribution is 0.0697. The molecule has 0 radical (unpaired) electrons. The van der Waals surface area contributed by atoms with Crippen LogP contribution in [0.5, 0.6) is 0 Å². The maximum atomic E-state index is 11.3. The van der Waals surface area contributed by atoms with E-state index in [1.54, 1.807) is 13.2 Å². The van der Waals surface area contributed by atoms with Gasteiger partial charge in [-0.05, 0) is 36.1 Å². The van der Waals surface area contributed by atoms with E-state index in [0.29, 0.717) is 12.2 Å². The molecule has 104 valence electrons. The van der Waals surface area contributed by atoms with E-state index in [-0.39, 0.29) is 0 Å². The number of carboxylic acids is 1. The molecule has 0 spiro atoms. The molecule has 0 saturated carbocycles. The molecule has 0 saturated heterocycles. The van der Waals surface area contributed by atoms with Gasteiger partial charge in [0.25, 0.3) is 0 Å². The monoisotopic (exact) mass is 270 g/mol. The fourth-order valence-corrected chi connectivity index (χ4v) is 2.15. The van der Waals surface area contributed by atoms with Crippen molar-refractivity contribution < 1.29 is 14.6 Å². The van der Waals surface area contributed by atoms with E-state index in [9.17, 15) is 9.90 Å². The Labute approximate surface area is 118 Å². The highest BCUT2D eigenvalue weighted by Crippen LogP contribution is 2.25. The largest absolute Gasteiger partial charge is 0.478 e. The summed E-state index contributed by atoms with van der Waals surface area (Å²) in [4.78, 5) is 11.3. The molecule has 3 heteroatoms. The van der Waals surface area contributed by atoms with E-state index >= 15 is 0 Å².